The molecular formula is C9H12N2O4. The van der Waals surface area contributed by atoms with E-state index < -0.39 is 11.2 Å². The molecule has 1 aliphatic rings. The average molecular weight is 212 g/mol. The standard InChI is InChI=1S/C9H12N2O4/c1-14-11-8(12)6(5-10-9(11)13)7-3-2-4-15-7/h5,7H,2-4H2,1H3,(H,10,13). The number of hydrogen-bond acceptors (Lipinski definition) is 4. The fraction of sp³-hybridized carbons (Fsp3) is 0.556. The molecule has 0 aliphatic carbocycles. The Morgan fingerprint density at radius 3 is 3.00 bits per heavy atom. The van der Waals surface area contributed by atoms with Crippen LogP contribution in [0.25, 0.3) is 0 Å². The highest BCUT2D eigenvalue weighted by molar-refractivity contribution is 5.09. The van der Waals surface area contributed by atoms with Gasteiger partial charge in [0.25, 0.3) is 5.56 Å². The van der Waals surface area contributed by atoms with Crippen molar-refractivity contribution < 1.29 is 9.57 Å². The smallest absolute Gasteiger partial charge is 0.361 e. The lowest BCUT2D eigenvalue weighted by Crippen LogP contribution is -2.40. The van der Waals surface area contributed by atoms with Crippen molar-refractivity contribution in [3.8, 4) is 0 Å². The second-order valence-corrected chi connectivity index (χ2v) is 3.33. The third kappa shape index (κ3) is 1.68. The molecule has 15 heavy (non-hydrogen) atoms. The summed E-state index contributed by atoms with van der Waals surface area (Å²) >= 11 is 0. The summed E-state index contributed by atoms with van der Waals surface area (Å²) in [5.74, 6) is 0. The summed E-state index contributed by atoms with van der Waals surface area (Å²) in [7, 11) is 1.27. The van der Waals surface area contributed by atoms with Gasteiger partial charge in [0.05, 0.1) is 11.7 Å². The van der Waals surface area contributed by atoms with E-state index in [1.165, 1.54) is 13.3 Å². The first kappa shape index (κ1) is 9.97. The van der Waals surface area contributed by atoms with Crippen molar-refractivity contribution >= 4 is 0 Å². The highest BCUT2D eigenvalue weighted by Crippen LogP contribution is 2.25. The van der Waals surface area contributed by atoms with Gasteiger partial charge in [0.2, 0.25) is 0 Å². The zero-order valence-electron chi connectivity index (χ0n) is 8.36. The third-order valence-electron chi connectivity index (χ3n) is 2.43. The van der Waals surface area contributed by atoms with Crippen LogP contribution in [0.15, 0.2) is 15.8 Å². The number of ether oxygens (including phenoxy) is 1. The highest BCUT2D eigenvalue weighted by atomic mass is 16.7. The summed E-state index contributed by atoms with van der Waals surface area (Å²) in [4.78, 5) is 30.0. The normalized spacial score (nSPS) is 20.5. The zero-order valence-corrected chi connectivity index (χ0v) is 8.36. The van der Waals surface area contributed by atoms with Gasteiger partial charge in [-0.2, -0.15) is 0 Å². The molecular weight excluding hydrogens is 200 g/mol. The number of hydrogen-bond donors (Lipinski definition) is 1. The second kappa shape index (κ2) is 3.90. The summed E-state index contributed by atoms with van der Waals surface area (Å²) in [5.41, 5.74) is -0.591. The van der Waals surface area contributed by atoms with Gasteiger partial charge in [-0.1, -0.05) is 4.73 Å². The molecule has 1 fully saturated rings. The minimum atomic E-state index is -0.579. The predicted molar refractivity (Wildman–Crippen MR) is 51.8 cm³/mol. The Balaban J connectivity index is 2.49. The Morgan fingerprint density at radius 2 is 2.40 bits per heavy atom. The van der Waals surface area contributed by atoms with Crippen molar-refractivity contribution in [2.24, 2.45) is 0 Å². The SMILES string of the molecule is COn1c(=O)[nH]cc(C2CCCO2)c1=O. The topological polar surface area (TPSA) is 73.3 Å². The number of H-pyrrole nitrogens is 1. The molecule has 1 aliphatic heterocycles. The minimum Gasteiger partial charge on any atom is -0.409 e. The molecule has 2 heterocycles. The summed E-state index contributed by atoms with van der Waals surface area (Å²) in [6, 6.07) is 0. The third-order valence-corrected chi connectivity index (χ3v) is 2.43. The number of aromatic nitrogens is 2. The van der Waals surface area contributed by atoms with Gasteiger partial charge in [0.15, 0.2) is 0 Å². The number of nitrogens with one attached hydrogen (secondary N) is 1. The summed E-state index contributed by atoms with van der Waals surface area (Å²) in [6.45, 7) is 0.649. The van der Waals surface area contributed by atoms with Crippen LogP contribution < -0.4 is 16.1 Å². The van der Waals surface area contributed by atoms with Crippen molar-refractivity contribution in [1.82, 2.24) is 9.71 Å². The predicted octanol–water partition coefficient (Wildman–Crippen LogP) is -0.554. The Kier molecular flexibility index (Phi) is 2.59. The van der Waals surface area contributed by atoms with Crippen molar-refractivity contribution in [3.63, 3.8) is 0 Å². The highest BCUT2D eigenvalue weighted by Gasteiger charge is 2.22. The van der Waals surface area contributed by atoms with E-state index in [9.17, 15) is 9.59 Å². The van der Waals surface area contributed by atoms with Crippen LogP contribution in [0.5, 0.6) is 0 Å². The summed E-state index contributed by atoms with van der Waals surface area (Å²) in [5, 5.41) is 0. The first-order valence-corrected chi connectivity index (χ1v) is 4.74. The summed E-state index contributed by atoms with van der Waals surface area (Å²) in [6.07, 6.45) is 2.90. The Labute approximate surface area is 85.4 Å². The van der Waals surface area contributed by atoms with Crippen LogP contribution in [-0.4, -0.2) is 23.4 Å². The Hall–Kier alpha value is -1.56. The van der Waals surface area contributed by atoms with E-state index in [0.29, 0.717) is 16.9 Å². The van der Waals surface area contributed by atoms with Crippen molar-refractivity contribution in [2.75, 3.05) is 13.7 Å². The van der Waals surface area contributed by atoms with E-state index in [1.807, 2.05) is 0 Å². The molecule has 6 heteroatoms. The van der Waals surface area contributed by atoms with E-state index in [-0.39, 0.29) is 6.10 Å². The Morgan fingerprint density at radius 1 is 1.60 bits per heavy atom. The van der Waals surface area contributed by atoms with Crippen LogP contribution in [0.2, 0.25) is 0 Å². The van der Waals surface area contributed by atoms with Crippen molar-refractivity contribution in [1.29, 1.82) is 0 Å². The van der Waals surface area contributed by atoms with Gasteiger partial charge in [-0.05, 0) is 12.8 Å². The second-order valence-electron chi connectivity index (χ2n) is 3.33. The minimum absolute atomic E-state index is 0.226. The monoisotopic (exact) mass is 212 g/mol. The van der Waals surface area contributed by atoms with E-state index >= 15 is 0 Å². The van der Waals surface area contributed by atoms with E-state index in [1.54, 1.807) is 0 Å². The van der Waals surface area contributed by atoms with Crippen LogP contribution >= 0.6 is 0 Å². The molecule has 1 aromatic heterocycles. The lowest BCUT2D eigenvalue weighted by atomic mass is 10.1. The maximum absolute atomic E-state index is 11.7. The maximum Gasteiger partial charge on any atom is 0.361 e. The lowest BCUT2D eigenvalue weighted by Gasteiger charge is -2.09. The molecule has 1 N–H and O–H groups in total. The molecule has 82 valence electrons. The fourth-order valence-corrected chi connectivity index (χ4v) is 1.69. The van der Waals surface area contributed by atoms with Gasteiger partial charge >= 0.3 is 5.69 Å². The molecule has 0 bridgehead atoms. The molecule has 0 radical (unpaired) electrons. The first-order chi connectivity index (χ1) is 7.24. The van der Waals surface area contributed by atoms with Gasteiger partial charge in [0.1, 0.15) is 7.11 Å². The zero-order chi connectivity index (χ0) is 10.8. The Bertz CT molecular complexity index is 456. The largest absolute Gasteiger partial charge is 0.409 e. The van der Waals surface area contributed by atoms with Crippen molar-refractivity contribution in [2.45, 2.75) is 18.9 Å². The number of nitrogens with zero attached hydrogens (tertiary/aromatic N) is 1. The maximum atomic E-state index is 11.7. The summed E-state index contributed by atoms with van der Waals surface area (Å²) < 4.78 is 6.06. The van der Waals surface area contributed by atoms with Gasteiger partial charge in [0, 0.05) is 12.8 Å². The quantitative estimate of drug-likeness (QED) is 0.713. The van der Waals surface area contributed by atoms with Gasteiger partial charge in [-0.15, -0.1) is 0 Å². The van der Waals surface area contributed by atoms with Crippen LogP contribution in [0, 0.1) is 0 Å². The molecule has 0 saturated carbocycles. The molecule has 0 aromatic carbocycles. The molecule has 0 spiro atoms. The fourth-order valence-electron chi connectivity index (χ4n) is 1.69. The molecule has 1 aromatic rings. The van der Waals surface area contributed by atoms with Crippen LogP contribution in [0.4, 0.5) is 0 Å². The van der Waals surface area contributed by atoms with E-state index in [4.69, 9.17) is 4.74 Å². The average Bonchev–Trinajstić information content (AvgIpc) is 2.71. The van der Waals surface area contributed by atoms with Crippen LogP contribution in [0.1, 0.15) is 24.5 Å². The molecule has 1 atom stereocenters. The van der Waals surface area contributed by atoms with E-state index in [2.05, 4.69) is 9.82 Å². The molecule has 0 amide bonds. The van der Waals surface area contributed by atoms with Gasteiger partial charge in [-0.3, -0.25) is 4.79 Å². The van der Waals surface area contributed by atoms with Crippen molar-refractivity contribution in [3.05, 3.63) is 32.6 Å². The van der Waals surface area contributed by atoms with Crippen LogP contribution in [0.3, 0.4) is 0 Å². The number of rotatable bonds is 2. The van der Waals surface area contributed by atoms with Crippen LogP contribution in [-0.2, 0) is 4.74 Å². The number of aromatic amines is 1. The van der Waals surface area contributed by atoms with Gasteiger partial charge < -0.3 is 14.6 Å². The van der Waals surface area contributed by atoms with Gasteiger partial charge in [-0.25, -0.2) is 4.79 Å². The molecule has 2 rings (SSSR count). The first-order valence-electron chi connectivity index (χ1n) is 4.74. The molecule has 1 saturated heterocycles. The molecule has 6 nitrogen and oxygen atoms in total. The van der Waals surface area contributed by atoms with E-state index in [0.717, 1.165) is 12.8 Å². The molecule has 1 unspecified atom stereocenters. The lowest BCUT2D eigenvalue weighted by molar-refractivity contribution is 0.101.